The van der Waals surface area contributed by atoms with E-state index in [0.29, 0.717) is 0 Å². The van der Waals surface area contributed by atoms with Crippen molar-refractivity contribution in [1.82, 2.24) is 20.2 Å². The molecule has 0 radical (unpaired) electrons. The molecule has 0 bridgehead atoms. The number of hydrogen-bond donors (Lipinski definition) is 1. The molecule has 1 aliphatic carbocycles. The monoisotopic (exact) mass is 246 g/mol. The predicted molar refractivity (Wildman–Crippen MR) is 71.1 cm³/mol. The van der Waals surface area contributed by atoms with E-state index in [0.717, 1.165) is 24.3 Å². The van der Waals surface area contributed by atoms with Gasteiger partial charge in [-0.2, -0.15) is 0 Å². The molecular formula is C14H22N4. The van der Waals surface area contributed by atoms with Gasteiger partial charge in [-0.25, -0.2) is 9.97 Å². The smallest absolute Gasteiger partial charge is 0.142 e. The normalized spacial score (nSPS) is 22.2. The Morgan fingerprint density at radius 1 is 1.11 bits per heavy atom. The number of aromatic nitrogens is 2. The van der Waals surface area contributed by atoms with Crippen LogP contribution in [0.5, 0.6) is 0 Å². The molecule has 1 aromatic heterocycles. The molecule has 4 heteroatoms. The maximum Gasteiger partial charge on any atom is 0.142 e. The molecule has 2 fully saturated rings. The minimum absolute atomic E-state index is 0.848. The van der Waals surface area contributed by atoms with Crippen molar-refractivity contribution in [2.45, 2.75) is 38.3 Å². The fraction of sp³-hybridized carbons (Fsp3) is 0.714. The summed E-state index contributed by atoms with van der Waals surface area (Å²) in [5.41, 5.74) is 0. The van der Waals surface area contributed by atoms with Crippen LogP contribution in [0.2, 0.25) is 0 Å². The Balaban J connectivity index is 1.39. The van der Waals surface area contributed by atoms with Crippen molar-refractivity contribution < 1.29 is 0 Å². The average molecular weight is 246 g/mol. The Labute approximate surface area is 109 Å². The number of nitrogens with zero attached hydrogens (tertiary/aromatic N) is 3. The fourth-order valence-electron chi connectivity index (χ4n) is 2.58. The van der Waals surface area contributed by atoms with Crippen LogP contribution >= 0.6 is 0 Å². The first-order valence-electron chi connectivity index (χ1n) is 7.12. The number of likely N-dealkylation sites (tertiary alicyclic amines) is 1. The maximum atomic E-state index is 4.29. The predicted octanol–water partition coefficient (Wildman–Crippen LogP) is 1.44. The van der Waals surface area contributed by atoms with Crippen LogP contribution in [0.25, 0.3) is 0 Å². The molecule has 98 valence electrons. The van der Waals surface area contributed by atoms with Gasteiger partial charge in [-0.3, -0.25) is 4.90 Å². The van der Waals surface area contributed by atoms with Gasteiger partial charge in [-0.05, 0) is 57.3 Å². The van der Waals surface area contributed by atoms with Crippen LogP contribution in [-0.2, 0) is 6.54 Å². The van der Waals surface area contributed by atoms with Crippen molar-refractivity contribution in [3.05, 3.63) is 24.3 Å². The SMILES string of the molecule is c1cnc(CN2CCC(CNC3CC3)CC2)nc1. The minimum Gasteiger partial charge on any atom is -0.314 e. The summed E-state index contributed by atoms with van der Waals surface area (Å²) in [5, 5.41) is 3.65. The van der Waals surface area contributed by atoms with Crippen molar-refractivity contribution in [3.63, 3.8) is 0 Å². The van der Waals surface area contributed by atoms with E-state index in [1.54, 1.807) is 0 Å². The summed E-state index contributed by atoms with van der Waals surface area (Å²) < 4.78 is 0. The van der Waals surface area contributed by atoms with Gasteiger partial charge in [0.1, 0.15) is 5.82 Å². The molecule has 4 nitrogen and oxygen atoms in total. The Bertz CT molecular complexity index is 355. The molecule has 1 N–H and O–H groups in total. The first kappa shape index (κ1) is 12.1. The van der Waals surface area contributed by atoms with Gasteiger partial charge < -0.3 is 5.32 Å². The summed E-state index contributed by atoms with van der Waals surface area (Å²) in [6, 6.07) is 2.72. The van der Waals surface area contributed by atoms with Crippen LogP contribution in [0.1, 0.15) is 31.5 Å². The molecule has 1 aliphatic heterocycles. The van der Waals surface area contributed by atoms with E-state index in [1.165, 1.54) is 45.3 Å². The van der Waals surface area contributed by atoms with Crippen LogP contribution in [-0.4, -0.2) is 40.5 Å². The highest BCUT2D eigenvalue weighted by Crippen LogP contribution is 2.22. The van der Waals surface area contributed by atoms with E-state index < -0.39 is 0 Å². The second kappa shape index (κ2) is 5.76. The summed E-state index contributed by atoms with van der Waals surface area (Å²) in [6.07, 6.45) is 9.07. The summed E-state index contributed by atoms with van der Waals surface area (Å²) in [5.74, 6) is 1.82. The van der Waals surface area contributed by atoms with E-state index in [9.17, 15) is 0 Å². The summed E-state index contributed by atoms with van der Waals surface area (Å²) >= 11 is 0. The molecule has 1 saturated heterocycles. The Hall–Kier alpha value is -1.00. The zero-order chi connectivity index (χ0) is 12.2. The molecule has 0 spiro atoms. The summed E-state index contributed by atoms with van der Waals surface area (Å²) in [4.78, 5) is 11.1. The third-order valence-corrected chi connectivity index (χ3v) is 3.96. The maximum absolute atomic E-state index is 4.29. The van der Waals surface area contributed by atoms with Gasteiger partial charge in [0.15, 0.2) is 0 Å². The van der Waals surface area contributed by atoms with E-state index >= 15 is 0 Å². The first-order chi connectivity index (χ1) is 8.90. The lowest BCUT2D eigenvalue weighted by Gasteiger charge is -2.31. The van der Waals surface area contributed by atoms with E-state index in [1.807, 2.05) is 18.5 Å². The number of piperidine rings is 1. The minimum atomic E-state index is 0.848. The molecule has 18 heavy (non-hydrogen) atoms. The van der Waals surface area contributed by atoms with Crippen molar-refractivity contribution in [2.75, 3.05) is 19.6 Å². The Morgan fingerprint density at radius 2 is 1.83 bits per heavy atom. The highest BCUT2D eigenvalue weighted by atomic mass is 15.1. The van der Waals surface area contributed by atoms with Crippen molar-refractivity contribution in [3.8, 4) is 0 Å². The highest BCUT2D eigenvalue weighted by molar-refractivity contribution is 4.89. The van der Waals surface area contributed by atoms with Gasteiger partial charge in [-0.1, -0.05) is 0 Å². The number of rotatable bonds is 5. The van der Waals surface area contributed by atoms with Gasteiger partial charge >= 0.3 is 0 Å². The molecule has 0 atom stereocenters. The third kappa shape index (κ3) is 3.50. The molecule has 3 rings (SSSR count). The van der Waals surface area contributed by atoms with Gasteiger partial charge in [-0.15, -0.1) is 0 Å². The lowest BCUT2D eigenvalue weighted by atomic mass is 9.97. The van der Waals surface area contributed by atoms with Crippen molar-refractivity contribution in [1.29, 1.82) is 0 Å². The van der Waals surface area contributed by atoms with Crippen LogP contribution < -0.4 is 5.32 Å². The van der Waals surface area contributed by atoms with Crippen molar-refractivity contribution >= 4 is 0 Å². The summed E-state index contributed by atoms with van der Waals surface area (Å²) in [7, 11) is 0. The molecule has 2 heterocycles. The quantitative estimate of drug-likeness (QED) is 0.853. The Morgan fingerprint density at radius 3 is 2.50 bits per heavy atom. The number of nitrogens with one attached hydrogen (secondary N) is 1. The third-order valence-electron chi connectivity index (χ3n) is 3.96. The zero-order valence-electron chi connectivity index (χ0n) is 10.9. The number of hydrogen-bond acceptors (Lipinski definition) is 4. The molecule has 0 unspecified atom stereocenters. The fourth-order valence-corrected chi connectivity index (χ4v) is 2.58. The van der Waals surface area contributed by atoms with Gasteiger partial charge in [0.2, 0.25) is 0 Å². The van der Waals surface area contributed by atoms with Gasteiger partial charge in [0, 0.05) is 18.4 Å². The molecular weight excluding hydrogens is 224 g/mol. The standard InChI is InChI=1S/C14H22N4/c1-6-15-14(16-7-1)11-18-8-4-12(5-9-18)10-17-13-2-3-13/h1,6-7,12-13,17H,2-5,8-11H2. The van der Waals surface area contributed by atoms with Gasteiger partial charge in [0.05, 0.1) is 6.54 Å². The second-order valence-electron chi connectivity index (χ2n) is 5.57. The Kier molecular flexibility index (Phi) is 3.86. The molecule has 0 aromatic carbocycles. The average Bonchev–Trinajstić information content (AvgIpc) is 3.23. The van der Waals surface area contributed by atoms with E-state index in [4.69, 9.17) is 0 Å². The summed E-state index contributed by atoms with van der Waals surface area (Å²) in [6.45, 7) is 4.51. The topological polar surface area (TPSA) is 41.1 Å². The van der Waals surface area contributed by atoms with Crippen molar-refractivity contribution in [2.24, 2.45) is 5.92 Å². The first-order valence-corrected chi connectivity index (χ1v) is 7.12. The second-order valence-corrected chi connectivity index (χ2v) is 5.57. The van der Waals surface area contributed by atoms with Gasteiger partial charge in [0.25, 0.3) is 0 Å². The van der Waals surface area contributed by atoms with E-state index in [2.05, 4.69) is 20.2 Å². The largest absolute Gasteiger partial charge is 0.314 e. The lowest BCUT2D eigenvalue weighted by Crippen LogP contribution is -2.37. The molecule has 1 aromatic rings. The van der Waals surface area contributed by atoms with Crippen LogP contribution in [0.15, 0.2) is 18.5 Å². The zero-order valence-corrected chi connectivity index (χ0v) is 10.9. The molecule has 1 saturated carbocycles. The molecule has 2 aliphatic rings. The molecule has 0 amide bonds. The van der Waals surface area contributed by atoms with E-state index in [-0.39, 0.29) is 0 Å². The highest BCUT2D eigenvalue weighted by Gasteiger charge is 2.24. The lowest BCUT2D eigenvalue weighted by molar-refractivity contribution is 0.172. The van der Waals surface area contributed by atoms with Crippen LogP contribution in [0, 0.1) is 5.92 Å². The van der Waals surface area contributed by atoms with Crippen LogP contribution in [0.3, 0.4) is 0 Å². The van der Waals surface area contributed by atoms with Crippen LogP contribution in [0.4, 0.5) is 0 Å².